The summed E-state index contributed by atoms with van der Waals surface area (Å²) in [6.07, 6.45) is 7.70. The highest BCUT2D eigenvalue weighted by Gasteiger charge is 2.16. The molecule has 0 saturated heterocycles. The molecule has 2 aromatic carbocycles. The highest BCUT2D eigenvalue weighted by molar-refractivity contribution is 9.10. The van der Waals surface area contributed by atoms with Crippen LogP contribution in [0, 0.1) is 12.3 Å². The molecule has 3 rings (SSSR count). The molecule has 0 bridgehead atoms. The summed E-state index contributed by atoms with van der Waals surface area (Å²) in [5, 5.41) is 4.98. The van der Waals surface area contributed by atoms with E-state index < -0.39 is 0 Å². The van der Waals surface area contributed by atoms with Gasteiger partial charge in [-0.15, -0.1) is 6.42 Å². The summed E-state index contributed by atoms with van der Waals surface area (Å²) < 4.78 is 13.8. The van der Waals surface area contributed by atoms with Crippen molar-refractivity contribution in [3.05, 3.63) is 61.0 Å². The zero-order chi connectivity index (χ0) is 22.5. The number of halogens is 2. The number of nitrogens with zero attached hydrogens (tertiary/aromatic N) is 3. The molecule has 3 aromatic rings. The number of aromatic nitrogens is 2. The molecule has 31 heavy (non-hydrogen) atoms. The van der Waals surface area contributed by atoms with Gasteiger partial charge in [-0.05, 0) is 58.2 Å². The van der Waals surface area contributed by atoms with Gasteiger partial charge >= 0.3 is 0 Å². The molecular formula is C23H21Br2N3O3. The van der Waals surface area contributed by atoms with E-state index in [0.29, 0.717) is 38.3 Å². The summed E-state index contributed by atoms with van der Waals surface area (Å²) in [5.41, 5.74) is 1.14. The third kappa shape index (κ3) is 5.00. The van der Waals surface area contributed by atoms with Crippen LogP contribution < -0.4 is 15.0 Å². The molecule has 1 aromatic heterocycles. The van der Waals surface area contributed by atoms with Crippen molar-refractivity contribution in [2.75, 3.05) is 13.7 Å². The van der Waals surface area contributed by atoms with Crippen molar-refractivity contribution in [3.63, 3.8) is 0 Å². The van der Waals surface area contributed by atoms with E-state index in [-0.39, 0.29) is 18.1 Å². The number of terminal acetylenes is 1. The zero-order valence-electron chi connectivity index (χ0n) is 17.4. The van der Waals surface area contributed by atoms with Crippen LogP contribution in [0.2, 0.25) is 0 Å². The first-order valence-corrected chi connectivity index (χ1v) is 11.2. The predicted octanol–water partition coefficient (Wildman–Crippen LogP) is 5.34. The minimum Gasteiger partial charge on any atom is -0.493 e. The lowest BCUT2D eigenvalue weighted by Gasteiger charge is -2.14. The van der Waals surface area contributed by atoms with Gasteiger partial charge in [-0.3, -0.25) is 4.79 Å². The average molecular weight is 547 g/mol. The Bertz CT molecular complexity index is 1250. The van der Waals surface area contributed by atoms with E-state index in [1.807, 2.05) is 32.0 Å². The fourth-order valence-corrected chi connectivity index (χ4v) is 3.91. The van der Waals surface area contributed by atoms with Crippen molar-refractivity contribution < 1.29 is 9.47 Å². The lowest BCUT2D eigenvalue weighted by Crippen LogP contribution is -2.23. The molecule has 6 nitrogen and oxygen atoms in total. The van der Waals surface area contributed by atoms with Crippen LogP contribution in [-0.4, -0.2) is 29.6 Å². The molecule has 160 valence electrons. The van der Waals surface area contributed by atoms with Gasteiger partial charge in [0.2, 0.25) is 0 Å². The third-order valence-corrected chi connectivity index (χ3v) is 5.84. The van der Waals surface area contributed by atoms with Gasteiger partial charge in [0.15, 0.2) is 11.5 Å². The maximum absolute atomic E-state index is 13.2. The second-order valence-electron chi connectivity index (χ2n) is 6.83. The monoisotopic (exact) mass is 545 g/mol. The molecule has 1 heterocycles. The largest absolute Gasteiger partial charge is 0.493 e. The third-order valence-electron chi connectivity index (χ3n) is 4.76. The van der Waals surface area contributed by atoms with Gasteiger partial charge < -0.3 is 9.47 Å². The Morgan fingerprint density at radius 2 is 2.10 bits per heavy atom. The Morgan fingerprint density at radius 3 is 2.77 bits per heavy atom. The molecule has 1 atom stereocenters. The van der Waals surface area contributed by atoms with Crippen molar-refractivity contribution in [3.8, 4) is 23.8 Å². The molecular weight excluding hydrogens is 526 g/mol. The van der Waals surface area contributed by atoms with Crippen molar-refractivity contribution in [1.82, 2.24) is 9.66 Å². The summed E-state index contributed by atoms with van der Waals surface area (Å²) in [6.45, 7) is 4.19. The first-order valence-electron chi connectivity index (χ1n) is 9.59. The molecule has 0 aliphatic rings. The van der Waals surface area contributed by atoms with Gasteiger partial charge in [0.05, 0.1) is 28.7 Å². The minimum absolute atomic E-state index is 0.0544. The molecule has 0 fully saturated rings. The molecule has 0 radical (unpaired) electrons. The Hall–Kier alpha value is -2.63. The number of ether oxygens (including phenoxy) is 2. The zero-order valence-corrected chi connectivity index (χ0v) is 20.5. The molecule has 0 aliphatic carbocycles. The van der Waals surface area contributed by atoms with Crippen molar-refractivity contribution in [1.29, 1.82) is 0 Å². The van der Waals surface area contributed by atoms with E-state index in [9.17, 15) is 4.79 Å². The van der Waals surface area contributed by atoms with Crippen LogP contribution in [-0.2, 0) is 0 Å². The number of hydrogen-bond donors (Lipinski definition) is 0. The Balaban J connectivity index is 2.12. The SMILES string of the molecule is C#CCOc1c(Br)cc(C=Nn2c([C@@H](C)CC)nc3ccc(Br)cc3c2=O)cc1OC. The van der Waals surface area contributed by atoms with Gasteiger partial charge in [0.1, 0.15) is 12.4 Å². The van der Waals surface area contributed by atoms with Crippen LogP contribution in [0.15, 0.2) is 49.2 Å². The Kier molecular flexibility index (Phi) is 7.52. The lowest BCUT2D eigenvalue weighted by atomic mass is 10.1. The second kappa shape index (κ2) is 10.1. The van der Waals surface area contributed by atoms with Crippen LogP contribution in [0.25, 0.3) is 10.9 Å². The number of fused-ring (bicyclic) bond motifs is 1. The van der Waals surface area contributed by atoms with Gasteiger partial charge in [0, 0.05) is 10.4 Å². The molecule has 0 amide bonds. The molecule has 8 heteroatoms. The van der Waals surface area contributed by atoms with Gasteiger partial charge in [-0.1, -0.05) is 35.7 Å². The van der Waals surface area contributed by atoms with E-state index in [4.69, 9.17) is 20.9 Å². The van der Waals surface area contributed by atoms with Crippen LogP contribution in [0.3, 0.4) is 0 Å². The van der Waals surface area contributed by atoms with E-state index in [1.54, 1.807) is 25.5 Å². The van der Waals surface area contributed by atoms with Crippen molar-refractivity contribution in [2.24, 2.45) is 5.10 Å². The number of rotatable bonds is 7. The van der Waals surface area contributed by atoms with E-state index in [1.165, 1.54) is 4.68 Å². The number of benzene rings is 2. The van der Waals surface area contributed by atoms with E-state index >= 15 is 0 Å². The summed E-state index contributed by atoms with van der Waals surface area (Å²) in [5.74, 6) is 4.10. The van der Waals surface area contributed by atoms with Crippen LogP contribution in [0.5, 0.6) is 11.5 Å². The first-order chi connectivity index (χ1) is 14.9. The maximum Gasteiger partial charge on any atom is 0.282 e. The predicted molar refractivity (Wildman–Crippen MR) is 130 cm³/mol. The second-order valence-corrected chi connectivity index (χ2v) is 8.60. The Labute approximate surface area is 197 Å². The fourth-order valence-electron chi connectivity index (χ4n) is 2.97. The maximum atomic E-state index is 13.2. The van der Waals surface area contributed by atoms with Crippen LogP contribution in [0.4, 0.5) is 0 Å². The standard InChI is InChI=1S/C23H21Br2N3O3/c1-5-9-31-21-18(25)10-15(11-20(21)30-4)13-26-28-22(14(3)6-2)27-19-8-7-16(24)12-17(19)23(28)29/h1,7-8,10-14H,6,9H2,2-4H3/t14-/m0/s1. The lowest BCUT2D eigenvalue weighted by molar-refractivity contribution is 0.329. The number of methoxy groups -OCH3 is 1. The number of hydrogen-bond acceptors (Lipinski definition) is 5. The summed E-state index contributed by atoms with van der Waals surface area (Å²) in [6, 6.07) is 9.04. The summed E-state index contributed by atoms with van der Waals surface area (Å²) >= 11 is 6.90. The van der Waals surface area contributed by atoms with E-state index in [0.717, 1.165) is 10.9 Å². The molecule has 0 spiro atoms. The normalized spacial score (nSPS) is 12.1. The van der Waals surface area contributed by atoms with Gasteiger partial charge in [-0.2, -0.15) is 9.78 Å². The Morgan fingerprint density at radius 1 is 1.32 bits per heavy atom. The van der Waals surface area contributed by atoms with Gasteiger partial charge in [-0.25, -0.2) is 4.98 Å². The summed E-state index contributed by atoms with van der Waals surface area (Å²) in [7, 11) is 1.54. The smallest absolute Gasteiger partial charge is 0.282 e. The van der Waals surface area contributed by atoms with E-state index in [2.05, 4.69) is 42.9 Å². The highest BCUT2D eigenvalue weighted by atomic mass is 79.9. The van der Waals surface area contributed by atoms with Crippen LogP contribution >= 0.6 is 31.9 Å². The first kappa shape index (κ1) is 23.0. The molecule has 0 N–H and O–H groups in total. The van der Waals surface area contributed by atoms with Gasteiger partial charge in [0.25, 0.3) is 5.56 Å². The summed E-state index contributed by atoms with van der Waals surface area (Å²) in [4.78, 5) is 17.9. The average Bonchev–Trinajstić information content (AvgIpc) is 2.77. The highest BCUT2D eigenvalue weighted by Crippen LogP contribution is 2.36. The topological polar surface area (TPSA) is 65.7 Å². The minimum atomic E-state index is -0.224. The fraction of sp³-hybridized carbons (Fsp3) is 0.261. The quantitative estimate of drug-likeness (QED) is 0.296. The molecule has 0 unspecified atom stereocenters. The molecule has 0 saturated carbocycles. The van der Waals surface area contributed by atoms with Crippen molar-refractivity contribution >= 4 is 49.0 Å². The van der Waals surface area contributed by atoms with Crippen LogP contribution in [0.1, 0.15) is 37.6 Å². The van der Waals surface area contributed by atoms with Crippen molar-refractivity contribution in [2.45, 2.75) is 26.2 Å². The molecule has 0 aliphatic heterocycles.